The third-order valence-corrected chi connectivity index (χ3v) is 8.40. The number of nitrogens with zero attached hydrogens (tertiary/aromatic N) is 7. The van der Waals surface area contributed by atoms with E-state index < -0.39 is 0 Å². The molecule has 5 heterocycles. The molecular weight excluding hydrogens is 510 g/mol. The van der Waals surface area contributed by atoms with E-state index in [1.54, 1.807) is 12.4 Å². The van der Waals surface area contributed by atoms with E-state index in [0.29, 0.717) is 35.4 Å². The van der Waals surface area contributed by atoms with E-state index in [9.17, 15) is 0 Å². The molecular formula is C32H35N9. The number of pyridine rings is 2. The molecule has 41 heavy (non-hydrogen) atoms. The Morgan fingerprint density at radius 3 is 2.83 bits per heavy atom. The average Bonchev–Trinajstić information content (AvgIpc) is 3.78. The Hall–Kier alpha value is -4.37. The van der Waals surface area contributed by atoms with Gasteiger partial charge in [0.05, 0.1) is 17.4 Å². The zero-order valence-electron chi connectivity index (χ0n) is 23.4. The van der Waals surface area contributed by atoms with Crippen LogP contribution in [0.5, 0.6) is 0 Å². The number of fused-ring (bicyclic) bond motifs is 2. The summed E-state index contributed by atoms with van der Waals surface area (Å²) in [5.41, 5.74) is 7.35. The zero-order chi connectivity index (χ0) is 27.8. The Labute approximate surface area is 240 Å². The number of nitrogens with one attached hydrogen (secondary N) is 2. The standard InChI is InChI=1S/C32H35N9/c1-3-41(25-7-5-4-6-8-25)39-21(2)36-29-17-23(11-15-35-29)31-37-27-20-34-19-26(22-9-10-22)30(27)32(38-31)40-16-13-24-18-33-14-12-28(24)40/h3-8,11,15,17,19-20,22,24,28,33H,1,9-10,12-14,16,18H2,2H3,(H,35,36,39). The highest BCUT2D eigenvalue weighted by molar-refractivity contribution is 5.94. The van der Waals surface area contributed by atoms with Crippen LogP contribution in [0.15, 0.2) is 78.8 Å². The van der Waals surface area contributed by atoms with Crippen LogP contribution in [0.1, 0.15) is 44.1 Å². The molecule has 0 amide bonds. The maximum atomic E-state index is 5.29. The van der Waals surface area contributed by atoms with E-state index in [-0.39, 0.29) is 0 Å². The largest absolute Gasteiger partial charge is 0.353 e. The number of benzene rings is 1. The second-order valence-corrected chi connectivity index (χ2v) is 11.2. The van der Waals surface area contributed by atoms with Gasteiger partial charge in [-0.15, -0.1) is 0 Å². The van der Waals surface area contributed by atoms with Crippen LogP contribution in [-0.4, -0.2) is 51.4 Å². The summed E-state index contributed by atoms with van der Waals surface area (Å²) in [6.45, 7) is 8.99. The summed E-state index contributed by atoms with van der Waals surface area (Å²) in [4.78, 5) is 26.8. The molecule has 0 bridgehead atoms. The van der Waals surface area contributed by atoms with Crippen LogP contribution >= 0.6 is 0 Å². The molecule has 9 heteroatoms. The molecule has 3 aromatic heterocycles. The number of aromatic nitrogens is 4. The third kappa shape index (κ3) is 5.13. The minimum Gasteiger partial charge on any atom is -0.353 e. The fraction of sp³-hybridized carbons (Fsp3) is 0.344. The lowest BCUT2D eigenvalue weighted by atomic mass is 9.94. The first-order valence-corrected chi connectivity index (χ1v) is 14.6. The van der Waals surface area contributed by atoms with Crippen LogP contribution in [-0.2, 0) is 0 Å². The Balaban J connectivity index is 1.25. The second kappa shape index (κ2) is 10.9. The first-order valence-electron chi connectivity index (χ1n) is 14.6. The van der Waals surface area contributed by atoms with Gasteiger partial charge in [-0.25, -0.2) is 19.9 Å². The van der Waals surface area contributed by atoms with Crippen molar-refractivity contribution in [2.45, 2.75) is 44.6 Å². The minimum atomic E-state index is 0.506. The van der Waals surface area contributed by atoms with Crippen LogP contribution in [0, 0.1) is 5.92 Å². The number of hydrogen-bond donors (Lipinski definition) is 2. The Morgan fingerprint density at radius 2 is 2.00 bits per heavy atom. The van der Waals surface area contributed by atoms with E-state index in [0.717, 1.165) is 48.6 Å². The molecule has 2 unspecified atom stereocenters. The summed E-state index contributed by atoms with van der Waals surface area (Å²) < 4.78 is 0. The van der Waals surface area contributed by atoms with Gasteiger partial charge in [-0.2, -0.15) is 0 Å². The number of anilines is 2. The Kier molecular flexibility index (Phi) is 6.80. The van der Waals surface area contributed by atoms with Crippen molar-refractivity contribution < 1.29 is 0 Å². The molecule has 3 fully saturated rings. The van der Waals surface area contributed by atoms with E-state index in [1.807, 2.05) is 66.8 Å². The van der Waals surface area contributed by atoms with Crippen molar-refractivity contribution in [1.29, 1.82) is 0 Å². The number of piperidine rings is 1. The lowest BCUT2D eigenvalue weighted by molar-refractivity contribution is 0.360. The van der Waals surface area contributed by atoms with Gasteiger partial charge in [0.15, 0.2) is 11.6 Å². The van der Waals surface area contributed by atoms with Crippen LogP contribution in [0.3, 0.4) is 0 Å². The van der Waals surface area contributed by atoms with Gasteiger partial charge >= 0.3 is 0 Å². The summed E-state index contributed by atoms with van der Waals surface area (Å²) >= 11 is 0. The van der Waals surface area contributed by atoms with Crippen LogP contribution in [0.25, 0.3) is 22.3 Å². The van der Waals surface area contributed by atoms with Gasteiger partial charge < -0.3 is 10.2 Å². The van der Waals surface area contributed by atoms with Crippen molar-refractivity contribution in [3.05, 3.63) is 79.4 Å². The molecule has 1 aromatic carbocycles. The maximum Gasteiger partial charge on any atom is 0.162 e. The molecule has 0 spiro atoms. The normalized spacial score (nSPS) is 20.6. The predicted molar refractivity (Wildman–Crippen MR) is 164 cm³/mol. The van der Waals surface area contributed by atoms with Crippen molar-refractivity contribution in [2.24, 2.45) is 10.9 Å². The molecule has 0 radical (unpaired) electrons. The van der Waals surface area contributed by atoms with Gasteiger partial charge in [-0.05, 0) is 87.4 Å². The van der Waals surface area contributed by atoms with Crippen molar-refractivity contribution in [3.8, 4) is 11.4 Å². The van der Waals surface area contributed by atoms with Gasteiger partial charge in [0.25, 0.3) is 0 Å². The first-order chi connectivity index (χ1) is 20.2. The van der Waals surface area contributed by atoms with E-state index >= 15 is 0 Å². The molecule has 4 aromatic rings. The highest BCUT2D eigenvalue weighted by Gasteiger charge is 2.38. The molecule has 1 aliphatic carbocycles. The number of para-hydroxylation sites is 1. The average molecular weight is 546 g/mol. The smallest absolute Gasteiger partial charge is 0.162 e. The van der Waals surface area contributed by atoms with Crippen LogP contribution < -0.4 is 20.7 Å². The third-order valence-electron chi connectivity index (χ3n) is 8.40. The van der Waals surface area contributed by atoms with E-state index in [2.05, 4.69) is 32.2 Å². The molecule has 208 valence electrons. The molecule has 2 aliphatic heterocycles. The molecule has 3 aliphatic rings. The van der Waals surface area contributed by atoms with Gasteiger partial charge in [0, 0.05) is 42.1 Å². The maximum absolute atomic E-state index is 5.29. The van der Waals surface area contributed by atoms with Crippen molar-refractivity contribution in [2.75, 3.05) is 29.5 Å². The van der Waals surface area contributed by atoms with Crippen molar-refractivity contribution >= 4 is 34.1 Å². The SMILES string of the molecule is C=CN(NC(C)=Nc1cc(-c2nc(N3CCC4CNCCC43)c3c(C4CC4)cncc3n2)ccn1)c1ccccc1. The topological polar surface area (TPSA) is 94.5 Å². The summed E-state index contributed by atoms with van der Waals surface area (Å²) in [5, 5.41) is 6.60. The molecule has 2 saturated heterocycles. The monoisotopic (exact) mass is 545 g/mol. The zero-order valence-corrected chi connectivity index (χ0v) is 23.4. The van der Waals surface area contributed by atoms with E-state index in [1.165, 1.54) is 30.2 Å². The molecule has 2 N–H and O–H groups in total. The van der Waals surface area contributed by atoms with Gasteiger partial charge in [-0.1, -0.05) is 24.8 Å². The minimum absolute atomic E-state index is 0.506. The highest BCUT2D eigenvalue weighted by Crippen LogP contribution is 2.46. The lowest BCUT2D eigenvalue weighted by Gasteiger charge is -2.33. The Morgan fingerprint density at radius 1 is 1.12 bits per heavy atom. The number of aliphatic imine (C=N–C) groups is 1. The van der Waals surface area contributed by atoms with Crippen LogP contribution in [0.4, 0.5) is 17.3 Å². The van der Waals surface area contributed by atoms with Crippen LogP contribution in [0.2, 0.25) is 0 Å². The molecule has 9 nitrogen and oxygen atoms in total. The first kappa shape index (κ1) is 25.6. The molecule has 2 atom stereocenters. The quantitative estimate of drug-likeness (QED) is 0.182. The van der Waals surface area contributed by atoms with Crippen molar-refractivity contribution in [1.82, 2.24) is 30.7 Å². The van der Waals surface area contributed by atoms with Gasteiger partial charge in [0.2, 0.25) is 0 Å². The fourth-order valence-electron chi connectivity index (χ4n) is 6.27. The highest BCUT2D eigenvalue weighted by atomic mass is 15.5. The van der Waals surface area contributed by atoms with E-state index in [4.69, 9.17) is 15.0 Å². The number of rotatable bonds is 7. The molecule has 7 rings (SSSR count). The van der Waals surface area contributed by atoms with Gasteiger partial charge in [-0.3, -0.25) is 15.4 Å². The summed E-state index contributed by atoms with van der Waals surface area (Å²) in [6.07, 6.45) is 12.2. The van der Waals surface area contributed by atoms with Gasteiger partial charge in [0.1, 0.15) is 11.7 Å². The summed E-state index contributed by atoms with van der Waals surface area (Å²) in [6, 6.07) is 14.4. The predicted octanol–water partition coefficient (Wildman–Crippen LogP) is 5.36. The summed E-state index contributed by atoms with van der Waals surface area (Å²) in [5.74, 6) is 4.24. The summed E-state index contributed by atoms with van der Waals surface area (Å²) in [7, 11) is 0. The number of hydrogen-bond acceptors (Lipinski definition) is 8. The second-order valence-electron chi connectivity index (χ2n) is 11.2. The number of amidine groups is 1. The lowest BCUT2D eigenvalue weighted by Crippen LogP contribution is -2.44. The number of hydrazine groups is 1. The fourth-order valence-corrected chi connectivity index (χ4v) is 6.27. The Bertz CT molecular complexity index is 1600. The molecule has 1 saturated carbocycles. The van der Waals surface area contributed by atoms with Crippen molar-refractivity contribution in [3.63, 3.8) is 0 Å².